The molecule has 4 N–H and O–H groups in total. The normalized spacial score (nSPS) is 10.5. The quantitative estimate of drug-likeness (QED) is 0.508. The van der Waals surface area contributed by atoms with Crippen molar-refractivity contribution in [3.8, 4) is 0 Å². The molecule has 102 valence electrons. The third-order valence-electron chi connectivity index (χ3n) is 2.19. The number of thiophene rings is 1. The van der Waals surface area contributed by atoms with Gasteiger partial charge in [0.2, 0.25) is 5.91 Å². The predicted octanol–water partition coefficient (Wildman–Crippen LogP) is 0.841. The topological polar surface area (TPSA) is 109 Å². The number of aliphatic carboxylic acids is 1. The molecule has 7 heteroatoms. The molecule has 0 aliphatic heterocycles. The number of amides is 2. The van der Waals surface area contributed by atoms with Crippen LogP contribution >= 0.6 is 11.3 Å². The number of carboxylic acids is 1. The van der Waals surface area contributed by atoms with Crippen LogP contribution in [-0.2, 0) is 9.59 Å². The Morgan fingerprint density at radius 1 is 1.42 bits per heavy atom. The Morgan fingerprint density at radius 2 is 2.16 bits per heavy atom. The molecule has 0 aliphatic carbocycles. The van der Waals surface area contributed by atoms with E-state index in [1.54, 1.807) is 11.4 Å². The molecule has 0 radical (unpaired) electrons. The van der Waals surface area contributed by atoms with Crippen LogP contribution in [0.3, 0.4) is 0 Å². The van der Waals surface area contributed by atoms with Gasteiger partial charge >= 0.3 is 5.97 Å². The van der Waals surface area contributed by atoms with Gasteiger partial charge in [0.05, 0.1) is 4.88 Å². The van der Waals surface area contributed by atoms with Crippen LogP contribution in [0.1, 0.15) is 28.1 Å². The lowest BCUT2D eigenvalue weighted by Crippen LogP contribution is -2.25. The molecular weight excluding hydrogens is 268 g/mol. The number of primary amides is 1. The van der Waals surface area contributed by atoms with Crippen molar-refractivity contribution in [2.24, 2.45) is 5.73 Å². The molecule has 19 heavy (non-hydrogen) atoms. The Labute approximate surface area is 113 Å². The van der Waals surface area contributed by atoms with E-state index >= 15 is 0 Å². The summed E-state index contributed by atoms with van der Waals surface area (Å²) in [6.07, 6.45) is 3.05. The maximum absolute atomic E-state index is 11.8. The standard InChI is InChI=1S/C12H14N2O4S/c13-9(15)2-1-6-14-12(18)11-8(5-7-19-11)3-4-10(16)17/h3-5,7H,1-2,6H2,(H2,13,15)(H,14,18)(H,16,17). The number of nitrogens with one attached hydrogen (secondary N) is 1. The second kappa shape index (κ2) is 7.32. The largest absolute Gasteiger partial charge is 0.478 e. The van der Waals surface area contributed by atoms with E-state index in [9.17, 15) is 14.4 Å². The molecule has 0 saturated carbocycles. The van der Waals surface area contributed by atoms with Gasteiger partial charge in [0.15, 0.2) is 0 Å². The van der Waals surface area contributed by atoms with Gasteiger partial charge in [-0.15, -0.1) is 11.3 Å². The molecule has 0 fully saturated rings. The summed E-state index contributed by atoms with van der Waals surface area (Å²) in [4.78, 5) is 33.2. The van der Waals surface area contributed by atoms with Crippen molar-refractivity contribution < 1.29 is 19.5 Å². The first-order valence-electron chi connectivity index (χ1n) is 5.55. The van der Waals surface area contributed by atoms with Crippen molar-refractivity contribution in [2.75, 3.05) is 6.54 Å². The highest BCUT2D eigenvalue weighted by atomic mass is 32.1. The lowest BCUT2D eigenvalue weighted by molar-refractivity contribution is -0.131. The van der Waals surface area contributed by atoms with Gasteiger partial charge in [-0.1, -0.05) is 0 Å². The van der Waals surface area contributed by atoms with Crippen molar-refractivity contribution >= 4 is 35.2 Å². The van der Waals surface area contributed by atoms with Crippen LogP contribution in [0.15, 0.2) is 17.5 Å². The number of carbonyl (C=O) groups excluding carboxylic acids is 2. The van der Waals surface area contributed by atoms with E-state index in [2.05, 4.69) is 5.32 Å². The van der Waals surface area contributed by atoms with Crippen LogP contribution in [0.4, 0.5) is 0 Å². The van der Waals surface area contributed by atoms with Crippen LogP contribution in [-0.4, -0.2) is 29.4 Å². The Balaban J connectivity index is 2.55. The minimum atomic E-state index is -1.07. The Bertz CT molecular complexity index is 508. The fourth-order valence-corrected chi connectivity index (χ4v) is 2.14. The van der Waals surface area contributed by atoms with Gasteiger partial charge in [0, 0.05) is 19.0 Å². The first-order chi connectivity index (χ1) is 9.00. The van der Waals surface area contributed by atoms with Gasteiger partial charge in [-0.2, -0.15) is 0 Å². The van der Waals surface area contributed by atoms with E-state index in [1.165, 1.54) is 17.4 Å². The molecule has 1 aromatic heterocycles. The summed E-state index contributed by atoms with van der Waals surface area (Å²) in [6, 6.07) is 1.67. The lowest BCUT2D eigenvalue weighted by Gasteiger charge is -2.03. The van der Waals surface area contributed by atoms with E-state index < -0.39 is 11.9 Å². The summed E-state index contributed by atoms with van der Waals surface area (Å²) in [7, 11) is 0. The summed E-state index contributed by atoms with van der Waals surface area (Å²) in [6.45, 7) is 0.349. The Hall–Kier alpha value is -2.15. The lowest BCUT2D eigenvalue weighted by atomic mass is 10.2. The summed E-state index contributed by atoms with van der Waals surface area (Å²) in [5.41, 5.74) is 5.54. The van der Waals surface area contributed by atoms with E-state index in [4.69, 9.17) is 10.8 Å². The van der Waals surface area contributed by atoms with Crippen LogP contribution in [0.25, 0.3) is 6.08 Å². The zero-order valence-corrected chi connectivity index (χ0v) is 10.9. The molecule has 6 nitrogen and oxygen atoms in total. The fourth-order valence-electron chi connectivity index (χ4n) is 1.34. The average Bonchev–Trinajstić information content (AvgIpc) is 2.79. The van der Waals surface area contributed by atoms with Crippen LogP contribution in [0.2, 0.25) is 0 Å². The zero-order valence-electron chi connectivity index (χ0n) is 10.1. The molecule has 0 aromatic carbocycles. The molecular formula is C12H14N2O4S. The minimum Gasteiger partial charge on any atom is -0.478 e. The number of hydrogen-bond acceptors (Lipinski definition) is 4. The number of nitrogens with two attached hydrogens (primary N) is 1. The van der Waals surface area contributed by atoms with Gasteiger partial charge in [0.25, 0.3) is 5.91 Å². The number of hydrogen-bond donors (Lipinski definition) is 3. The molecule has 1 rings (SSSR count). The van der Waals surface area contributed by atoms with E-state index in [0.29, 0.717) is 23.4 Å². The molecule has 1 heterocycles. The Morgan fingerprint density at radius 3 is 2.79 bits per heavy atom. The number of rotatable bonds is 7. The molecule has 0 unspecified atom stereocenters. The Kier molecular flexibility index (Phi) is 5.74. The van der Waals surface area contributed by atoms with Gasteiger partial charge in [-0.25, -0.2) is 4.79 Å². The minimum absolute atomic E-state index is 0.219. The molecule has 1 aromatic rings. The predicted molar refractivity (Wildman–Crippen MR) is 71.8 cm³/mol. The monoisotopic (exact) mass is 282 g/mol. The van der Waals surface area contributed by atoms with Gasteiger partial charge in [0.1, 0.15) is 0 Å². The maximum Gasteiger partial charge on any atom is 0.328 e. The highest BCUT2D eigenvalue weighted by Crippen LogP contribution is 2.18. The second-order valence-corrected chi connectivity index (χ2v) is 4.62. The smallest absolute Gasteiger partial charge is 0.328 e. The number of carbonyl (C=O) groups is 3. The summed E-state index contributed by atoms with van der Waals surface area (Å²) < 4.78 is 0. The molecule has 0 bridgehead atoms. The molecule has 0 aliphatic rings. The average molecular weight is 282 g/mol. The van der Waals surface area contributed by atoms with Gasteiger partial charge in [-0.3, -0.25) is 9.59 Å². The van der Waals surface area contributed by atoms with Crippen molar-refractivity contribution in [3.63, 3.8) is 0 Å². The SMILES string of the molecule is NC(=O)CCCNC(=O)c1sccc1C=CC(=O)O. The van der Waals surface area contributed by atoms with E-state index in [0.717, 1.165) is 6.08 Å². The fraction of sp³-hybridized carbons (Fsp3) is 0.250. The highest BCUT2D eigenvalue weighted by molar-refractivity contribution is 7.12. The van der Waals surface area contributed by atoms with E-state index in [-0.39, 0.29) is 12.3 Å². The first kappa shape index (κ1) is 14.9. The van der Waals surface area contributed by atoms with Crippen molar-refractivity contribution in [1.29, 1.82) is 0 Å². The van der Waals surface area contributed by atoms with Crippen LogP contribution in [0, 0.1) is 0 Å². The third-order valence-corrected chi connectivity index (χ3v) is 3.12. The summed E-state index contributed by atoms with van der Waals surface area (Å²) in [5.74, 6) is -1.76. The first-order valence-corrected chi connectivity index (χ1v) is 6.43. The molecule has 2 amide bonds. The van der Waals surface area contributed by atoms with Gasteiger partial charge < -0.3 is 16.2 Å². The van der Waals surface area contributed by atoms with Crippen molar-refractivity contribution in [1.82, 2.24) is 5.32 Å². The summed E-state index contributed by atoms with van der Waals surface area (Å²) in [5, 5.41) is 12.9. The van der Waals surface area contributed by atoms with Crippen LogP contribution < -0.4 is 11.1 Å². The molecule has 0 saturated heterocycles. The summed E-state index contributed by atoms with van der Waals surface area (Å²) >= 11 is 1.23. The van der Waals surface area contributed by atoms with E-state index in [1.807, 2.05) is 0 Å². The molecule has 0 atom stereocenters. The zero-order chi connectivity index (χ0) is 14.3. The third kappa shape index (κ3) is 5.35. The van der Waals surface area contributed by atoms with Gasteiger partial charge in [-0.05, 0) is 29.5 Å². The number of carboxylic acid groups (broad SMARTS) is 1. The molecule has 0 spiro atoms. The highest BCUT2D eigenvalue weighted by Gasteiger charge is 2.11. The second-order valence-electron chi connectivity index (χ2n) is 3.70. The van der Waals surface area contributed by atoms with Crippen LogP contribution in [0.5, 0.6) is 0 Å². The van der Waals surface area contributed by atoms with Crippen molar-refractivity contribution in [2.45, 2.75) is 12.8 Å². The maximum atomic E-state index is 11.8. The van der Waals surface area contributed by atoms with Crippen molar-refractivity contribution in [3.05, 3.63) is 28.0 Å².